The number of hydrogen-bond donors (Lipinski definition) is 1. The molecule has 1 unspecified atom stereocenters. The highest BCUT2D eigenvalue weighted by Crippen LogP contribution is 2.16. The van der Waals surface area contributed by atoms with Crippen molar-refractivity contribution in [3.05, 3.63) is 32.9 Å². The minimum Gasteiger partial charge on any atom is -0.342 e. The monoisotopic (exact) mass is 410 g/mol. The summed E-state index contributed by atoms with van der Waals surface area (Å²) in [5.41, 5.74) is 7.90. The molecule has 0 saturated carbocycles. The smallest absolute Gasteiger partial charge is 0.254 e. The number of hydrogen-bond acceptors (Lipinski definition) is 2. The fourth-order valence-corrected chi connectivity index (χ4v) is 2.35. The summed E-state index contributed by atoms with van der Waals surface area (Å²) in [6.07, 6.45) is 0.836. The predicted molar refractivity (Wildman–Crippen MR) is 95.5 cm³/mol. The fraction of sp³-hybridized carbons (Fsp3) is 0.533. The summed E-state index contributed by atoms with van der Waals surface area (Å²) in [5, 5.41) is 0. The molecular weight excluding hydrogens is 387 g/mol. The van der Waals surface area contributed by atoms with Gasteiger partial charge in [0, 0.05) is 23.2 Å². The summed E-state index contributed by atoms with van der Waals surface area (Å²) in [6.45, 7) is 6.91. The molecule has 20 heavy (non-hydrogen) atoms. The van der Waals surface area contributed by atoms with Crippen LogP contribution in [0.1, 0.15) is 36.2 Å². The molecule has 0 saturated heterocycles. The number of carbonyl (C=O) groups is 1. The third kappa shape index (κ3) is 5.58. The first-order valence-corrected chi connectivity index (χ1v) is 7.68. The normalized spacial score (nSPS) is 11.9. The third-order valence-corrected chi connectivity index (χ3v) is 4.29. The summed E-state index contributed by atoms with van der Waals surface area (Å²) in [4.78, 5) is 14.1. The van der Waals surface area contributed by atoms with Crippen LogP contribution in [0.25, 0.3) is 0 Å². The molecule has 1 amide bonds. The molecular formula is C15H24ClIN2O. The van der Waals surface area contributed by atoms with E-state index in [4.69, 9.17) is 5.73 Å². The second-order valence-corrected chi connectivity index (χ2v) is 6.57. The Bertz CT molecular complexity index is 451. The van der Waals surface area contributed by atoms with Crippen LogP contribution >= 0.6 is 35.0 Å². The van der Waals surface area contributed by atoms with Crippen molar-refractivity contribution in [2.24, 2.45) is 11.7 Å². The van der Waals surface area contributed by atoms with E-state index in [9.17, 15) is 4.79 Å². The van der Waals surface area contributed by atoms with E-state index in [1.807, 2.05) is 32.2 Å². The fourth-order valence-electron chi connectivity index (χ4n) is 1.79. The summed E-state index contributed by atoms with van der Waals surface area (Å²) in [5.74, 6) is 0.520. The molecule has 2 N–H and O–H groups in total. The molecule has 0 bridgehead atoms. The Kier molecular flexibility index (Phi) is 8.70. The molecule has 1 atom stereocenters. The zero-order chi connectivity index (χ0) is 14.6. The average Bonchev–Trinajstić information content (AvgIpc) is 2.37. The molecule has 1 aromatic rings. The third-order valence-electron chi connectivity index (χ3n) is 3.35. The predicted octanol–water partition coefficient (Wildman–Crippen LogP) is 3.47. The lowest BCUT2D eigenvalue weighted by Gasteiger charge is -2.22. The quantitative estimate of drug-likeness (QED) is 0.756. The van der Waals surface area contributed by atoms with Crippen molar-refractivity contribution in [3.63, 3.8) is 0 Å². The van der Waals surface area contributed by atoms with E-state index in [-0.39, 0.29) is 24.4 Å². The topological polar surface area (TPSA) is 46.3 Å². The van der Waals surface area contributed by atoms with Gasteiger partial charge in [-0.2, -0.15) is 0 Å². The first kappa shape index (κ1) is 19.7. The second-order valence-electron chi connectivity index (χ2n) is 5.41. The van der Waals surface area contributed by atoms with E-state index >= 15 is 0 Å². The standard InChI is InChI=1S/C15H23IN2O.ClH/c1-10(2)14(17)7-8-18(4)15(19)12-9-11(3)5-6-13(12)16;/h5-6,9-10,14H,7-8,17H2,1-4H3;1H. The molecule has 1 rings (SSSR count). The van der Waals surface area contributed by atoms with Gasteiger partial charge in [0.25, 0.3) is 5.91 Å². The Balaban J connectivity index is 0.00000361. The van der Waals surface area contributed by atoms with Crippen LogP contribution in [0.2, 0.25) is 0 Å². The molecule has 0 fully saturated rings. The minimum absolute atomic E-state index is 0. The van der Waals surface area contributed by atoms with Crippen molar-refractivity contribution in [2.45, 2.75) is 33.2 Å². The Morgan fingerprint density at radius 3 is 2.55 bits per heavy atom. The van der Waals surface area contributed by atoms with E-state index in [0.29, 0.717) is 12.5 Å². The van der Waals surface area contributed by atoms with Crippen LogP contribution in [-0.4, -0.2) is 30.4 Å². The molecule has 5 heteroatoms. The molecule has 1 aromatic carbocycles. The molecule has 0 radical (unpaired) electrons. The lowest BCUT2D eigenvalue weighted by Crippen LogP contribution is -2.35. The highest BCUT2D eigenvalue weighted by atomic mass is 127. The molecule has 0 spiro atoms. The van der Waals surface area contributed by atoms with Gasteiger partial charge in [-0.25, -0.2) is 0 Å². The van der Waals surface area contributed by atoms with E-state index in [0.717, 1.165) is 21.1 Å². The molecule has 0 aliphatic carbocycles. The molecule has 0 aliphatic heterocycles. The molecule has 0 aromatic heterocycles. The number of aryl methyl sites for hydroxylation is 1. The lowest BCUT2D eigenvalue weighted by molar-refractivity contribution is 0.0788. The van der Waals surface area contributed by atoms with Gasteiger partial charge in [0.15, 0.2) is 0 Å². The van der Waals surface area contributed by atoms with Gasteiger partial charge < -0.3 is 10.6 Å². The number of amides is 1. The van der Waals surface area contributed by atoms with Crippen LogP contribution in [0.5, 0.6) is 0 Å². The second kappa shape index (κ2) is 8.85. The van der Waals surface area contributed by atoms with Crippen LogP contribution in [0.4, 0.5) is 0 Å². The number of nitrogens with zero attached hydrogens (tertiary/aromatic N) is 1. The Morgan fingerprint density at radius 1 is 1.40 bits per heavy atom. The van der Waals surface area contributed by atoms with Crippen molar-refractivity contribution in [3.8, 4) is 0 Å². The number of benzene rings is 1. The lowest BCUT2D eigenvalue weighted by atomic mass is 10.0. The van der Waals surface area contributed by atoms with Gasteiger partial charge in [-0.1, -0.05) is 25.5 Å². The summed E-state index contributed by atoms with van der Waals surface area (Å²) in [6, 6.07) is 6.10. The van der Waals surface area contributed by atoms with Crippen molar-refractivity contribution >= 4 is 40.9 Å². The van der Waals surface area contributed by atoms with Crippen LogP contribution in [0, 0.1) is 16.4 Å². The van der Waals surface area contributed by atoms with E-state index < -0.39 is 0 Å². The van der Waals surface area contributed by atoms with Crippen molar-refractivity contribution in [1.29, 1.82) is 0 Å². The van der Waals surface area contributed by atoms with Crippen molar-refractivity contribution in [1.82, 2.24) is 4.90 Å². The van der Waals surface area contributed by atoms with E-state index in [2.05, 4.69) is 36.4 Å². The Labute approximate surface area is 141 Å². The minimum atomic E-state index is 0. The highest BCUT2D eigenvalue weighted by Gasteiger charge is 2.16. The van der Waals surface area contributed by atoms with E-state index in [1.54, 1.807) is 4.90 Å². The number of nitrogens with two attached hydrogens (primary N) is 1. The summed E-state index contributed by atoms with van der Waals surface area (Å²) < 4.78 is 0.994. The Morgan fingerprint density at radius 2 is 2.00 bits per heavy atom. The molecule has 0 heterocycles. The Hall–Kier alpha value is -0.330. The SMILES string of the molecule is Cc1ccc(I)c(C(=O)N(C)CCC(N)C(C)C)c1.Cl. The maximum Gasteiger partial charge on any atom is 0.254 e. The van der Waals surface area contributed by atoms with Crippen LogP contribution in [0.15, 0.2) is 18.2 Å². The average molecular weight is 411 g/mol. The first-order chi connectivity index (χ1) is 8.82. The zero-order valence-electron chi connectivity index (χ0n) is 12.5. The summed E-state index contributed by atoms with van der Waals surface area (Å²) >= 11 is 2.21. The molecule has 0 aliphatic rings. The van der Waals surface area contributed by atoms with Gasteiger partial charge >= 0.3 is 0 Å². The van der Waals surface area contributed by atoms with Crippen LogP contribution in [-0.2, 0) is 0 Å². The first-order valence-electron chi connectivity index (χ1n) is 6.60. The van der Waals surface area contributed by atoms with Crippen molar-refractivity contribution < 1.29 is 4.79 Å². The van der Waals surface area contributed by atoms with Gasteiger partial charge in [-0.05, 0) is 54.0 Å². The summed E-state index contributed by atoms with van der Waals surface area (Å²) in [7, 11) is 1.84. The van der Waals surface area contributed by atoms with Gasteiger partial charge in [0.1, 0.15) is 0 Å². The van der Waals surface area contributed by atoms with E-state index in [1.165, 1.54) is 0 Å². The number of carbonyl (C=O) groups excluding carboxylic acids is 1. The van der Waals surface area contributed by atoms with Crippen LogP contribution < -0.4 is 5.73 Å². The van der Waals surface area contributed by atoms with Gasteiger partial charge in [0.05, 0.1) is 5.56 Å². The van der Waals surface area contributed by atoms with Gasteiger partial charge in [0.2, 0.25) is 0 Å². The maximum atomic E-state index is 12.4. The molecule has 3 nitrogen and oxygen atoms in total. The number of halogens is 2. The molecule has 114 valence electrons. The largest absolute Gasteiger partial charge is 0.342 e. The maximum absolute atomic E-state index is 12.4. The highest BCUT2D eigenvalue weighted by molar-refractivity contribution is 14.1. The number of rotatable bonds is 5. The zero-order valence-corrected chi connectivity index (χ0v) is 15.5. The van der Waals surface area contributed by atoms with Gasteiger partial charge in [-0.3, -0.25) is 4.79 Å². The van der Waals surface area contributed by atoms with Crippen LogP contribution in [0.3, 0.4) is 0 Å². The van der Waals surface area contributed by atoms with Gasteiger partial charge in [-0.15, -0.1) is 12.4 Å². The van der Waals surface area contributed by atoms with Crippen molar-refractivity contribution in [2.75, 3.05) is 13.6 Å².